The number of carbonyl (C=O) groups is 1. The molecule has 1 saturated carbocycles. The summed E-state index contributed by atoms with van der Waals surface area (Å²) < 4.78 is 40.9. The first-order valence-corrected chi connectivity index (χ1v) is 7.87. The molecule has 2 heterocycles. The van der Waals surface area contributed by atoms with Crippen LogP contribution in [-0.4, -0.2) is 39.9 Å². The second-order valence-corrected chi connectivity index (χ2v) is 7.72. The third-order valence-electron chi connectivity index (χ3n) is 5.37. The van der Waals surface area contributed by atoms with E-state index in [0.29, 0.717) is 13.1 Å². The van der Waals surface area contributed by atoms with Crippen molar-refractivity contribution in [2.75, 3.05) is 13.1 Å². The highest BCUT2D eigenvalue weighted by molar-refractivity contribution is 5.78. The lowest BCUT2D eigenvalue weighted by Crippen LogP contribution is -2.36. The molecule has 1 amide bonds. The van der Waals surface area contributed by atoms with E-state index in [1.165, 1.54) is 0 Å². The molecule has 1 aliphatic carbocycles. The van der Waals surface area contributed by atoms with E-state index in [9.17, 15) is 18.0 Å². The lowest BCUT2D eigenvalue weighted by Gasteiger charge is -2.25. The summed E-state index contributed by atoms with van der Waals surface area (Å²) in [5, 5.41) is 4.16. The van der Waals surface area contributed by atoms with E-state index < -0.39 is 18.0 Å². The van der Waals surface area contributed by atoms with Crippen LogP contribution in [-0.2, 0) is 11.8 Å². The molecule has 0 bridgehead atoms. The molecular formula is C16H22F3N3O. The van der Waals surface area contributed by atoms with Gasteiger partial charge in [0.05, 0.1) is 11.6 Å². The van der Waals surface area contributed by atoms with Crippen molar-refractivity contribution in [3.63, 3.8) is 0 Å². The SMILES string of the molecule is Cn1cc([C@H]2CN(C(=O)CC3(C(F)(F)F)CC3)CC2(C)C)cn1. The molecule has 23 heavy (non-hydrogen) atoms. The summed E-state index contributed by atoms with van der Waals surface area (Å²) in [6.07, 6.45) is -0.846. The molecule has 4 nitrogen and oxygen atoms in total. The average molecular weight is 329 g/mol. The minimum absolute atomic E-state index is 0.0749. The zero-order valence-corrected chi connectivity index (χ0v) is 13.7. The Morgan fingerprint density at radius 2 is 2.04 bits per heavy atom. The van der Waals surface area contributed by atoms with Crippen molar-refractivity contribution in [3.8, 4) is 0 Å². The molecule has 2 aliphatic rings. The number of halogens is 3. The number of likely N-dealkylation sites (tertiary alicyclic amines) is 1. The fraction of sp³-hybridized carbons (Fsp3) is 0.750. The maximum Gasteiger partial charge on any atom is 0.395 e. The quantitative estimate of drug-likeness (QED) is 0.855. The van der Waals surface area contributed by atoms with Gasteiger partial charge in [-0.2, -0.15) is 18.3 Å². The summed E-state index contributed by atoms with van der Waals surface area (Å²) in [6, 6.07) is 0. The Morgan fingerprint density at radius 1 is 1.39 bits per heavy atom. The number of aryl methyl sites for hydroxylation is 1. The Morgan fingerprint density at radius 3 is 2.52 bits per heavy atom. The normalized spacial score (nSPS) is 25.7. The van der Waals surface area contributed by atoms with Crippen molar-refractivity contribution in [3.05, 3.63) is 18.0 Å². The molecule has 0 spiro atoms. The van der Waals surface area contributed by atoms with Crippen LogP contribution in [0.2, 0.25) is 0 Å². The van der Waals surface area contributed by atoms with Gasteiger partial charge in [-0.25, -0.2) is 0 Å². The first kappa shape index (κ1) is 16.3. The van der Waals surface area contributed by atoms with Gasteiger partial charge in [0, 0.05) is 38.7 Å². The van der Waals surface area contributed by atoms with Crippen LogP contribution in [0.25, 0.3) is 0 Å². The molecule has 0 unspecified atom stereocenters. The fourth-order valence-corrected chi connectivity index (χ4v) is 3.61. The number of aromatic nitrogens is 2. The first-order valence-electron chi connectivity index (χ1n) is 7.87. The minimum Gasteiger partial charge on any atom is -0.341 e. The van der Waals surface area contributed by atoms with E-state index in [4.69, 9.17) is 0 Å². The van der Waals surface area contributed by atoms with Crippen LogP contribution in [0.3, 0.4) is 0 Å². The summed E-state index contributed by atoms with van der Waals surface area (Å²) in [7, 11) is 1.83. The summed E-state index contributed by atoms with van der Waals surface area (Å²) in [5.41, 5.74) is -0.904. The van der Waals surface area contributed by atoms with Crippen molar-refractivity contribution in [1.29, 1.82) is 0 Å². The van der Waals surface area contributed by atoms with E-state index in [-0.39, 0.29) is 30.1 Å². The largest absolute Gasteiger partial charge is 0.395 e. The molecule has 1 aromatic heterocycles. The topological polar surface area (TPSA) is 38.1 Å². The molecule has 128 valence electrons. The third-order valence-corrected chi connectivity index (χ3v) is 5.37. The van der Waals surface area contributed by atoms with Gasteiger partial charge in [-0.3, -0.25) is 9.48 Å². The monoisotopic (exact) mass is 329 g/mol. The first-order chi connectivity index (χ1) is 10.5. The van der Waals surface area contributed by atoms with Crippen LogP contribution in [0.5, 0.6) is 0 Å². The second kappa shape index (κ2) is 4.98. The van der Waals surface area contributed by atoms with E-state index in [1.807, 2.05) is 13.2 Å². The molecular weight excluding hydrogens is 307 g/mol. The molecule has 1 aromatic rings. The fourth-order valence-electron chi connectivity index (χ4n) is 3.61. The smallest absolute Gasteiger partial charge is 0.341 e. The van der Waals surface area contributed by atoms with Crippen LogP contribution < -0.4 is 0 Å². The molecule has 3 rings (SSSR count). The van der Waals surface area contributed by atoms with E-state index in [2.05, 4.69) is 18.9 Å². The van der Waals surface area contributed by atoms with Gasteiger partial charge >= 0.3 is 6.18 Å². The minimum atomic E-state index is -4.28. The van der Waals surface area contributed by atoms with Crippen molar-refractivity contribution in [2.45, 2.75) is 45.2 Å². The van der Waals surface area contributed by atoms with Crippen LogP contribution in [0, 0.1) is 10.8 Å². The highest BCUT2D eigenvalue weighted by atomic mass is 19.4. The highest BCUT2D eigenvalue weighted by Crippen LogP contribution is 2.60. The van der Waals surface area contributed by atoms with Gasteiger partial charge in [0.1, 0.15) is 0 Å². The van der Waals surface area contributed by atoms with Gasteiger partial charge in [-0.05, 0) is 23.8 Å². The molecule has 1 saturated heterocycles. The molecule has 0 radical (unpaired) electrons. The van der Waals surface area contributed by atoms with Gasteiger partial charge in [-0.1, -0.05) is 13.8 Å². The Bertz CT molecular complexity index is 616. The van der Waals surface area contributed by atoms with E-state index in [0.717, 1.165) is 5.56 Å². The van der Waals surface area contributed by atoms with Crippen LogP contribution in [0.1, 0.15) is 44.6 Å². The number of amides is 1. The zero-order chi connectivity index (χ0) is 17.0. The van der Waals surface area contributed by atoms with Gasteiger partial charge in [0.15, 0.2) is 0 Å². The molecule has 0 N–H and O–H groups in total. The molecule has 7 heteroatoms. The highest BCUT2D eigenvalue weighted by Gasteiger charge is 2.64. The van der Waals surface area contributed by atoms with Crippen LogP contribution in [0.15, 0.2) is 12.4 Å². The molecule has 1 aliphatic heterocycles. The van der Waals surface area contributed by atoms with Crippen molar-refractivity contribution in [1.82, 2.24) is 14.7 Å². The van der Waals surface area contributed by atoms with Gasteiger partial charge in [0.2, 0.25) is 5.91 Å². The predicted octanol–water partition coefficient (Wildman–Crippen LogP) is 3.10. The molecule has 0 aromatic carbocycles. The third kappa shape index (κ3) is 2.85. The summed E-state index contributed by atoms with van der Waals surface area (Å²) in [6.45, 7) is 5.05. The van der Waals surface area contributed by atoms with Crippen molar-refractivity contribution in [2.24, 2.45) is 17.9 Å². The van der Waals surface area contributed by atoms with Gasteiger partial charge in [-0.15, -0.1) is 0 Å². The van der Waals surface area contributed by atoms with Crippen LogP contribution >= 0.6 is 0 Å². The van der Waals surface area contributed by atoms with Crippen LogP contribution in [0.4, 0.5) is 13.2 Å². The summed E-state index contributed by atoms with van der Waals surface area (Å²) in [4.78, 5) is 14.0. The maximum absolute atomic E-state index is 13.1. The van der Waals surface area contributed by atoms with E-state index in [1.54, 1.807) is 15.8 Å². The number of hydrogen-bond donors (Lipinski definition) is 0. The Kier molecular flexibility index (Phi) is 3.54. The summed E-state index contributed by atoms with van der Waals surface area (Å²) >= 11 is 0. The number of alkyl halides is 3. The lowest BCUT2D eigenvalue weighted by atomic mass is 9.79. The lowest BCUT2D eigenvalue weighted by molar-refractivity contribution is -0.192. The second-order valence-electron chi connectivity index (χ2n) is 7.72. The number of hydrogen-bond acceptors (Lipinski definition) is 2. The van der Waals surface area contributed by atoms with Gasteiger partial charge in [0.25, 0.3) is 0 Å². The molecule has 2 fully saturated rings. The van der Waals surface area contributed by atoms with Crippen molar-refractivity contribution < 1.29 is 18.0 Å². The number of carbonyl (C=O) groups excluding carboxylic acids is 1. The number of nitrogens with zero attached hydrogens (tertiary/aromatic N) is 3. The summed E-state index contributed by atoms with van der Waals surface area (Å²) in [5.74, 6) is -0.277. The Hall–Kier alpha value is -1.53. The number of rotatable bonds is 3. The Balaban J connectivity index is 1.72. The molecule has 1 atom stereocenters. The maximum atomic E-state index is 13.1. The average Bonchev–Trinajstić information content (AvgIpc) is 2.97. The standard InChI is InChI=1S/C16H22F3N3O/c1-14(2)10-22(9-12(14)11-7-20-21(3)8-11)13(23)6-15(4-5-15)16(17,18)19/h7-8,12H,4-6,9-10H2,1-3H3/t12-/m1/s1. The Labute approximate surface area is 133 Å². The van der Waals surface area contributed by atoms with Crippen molar-refractivity contribution >= 4 is 5.91 Å². The van der Waals surface area contributed by atoms with Gasteiger partial charge < -0.3 is 4.90 Å². The van der Waals surface area contributed by atoms with E-state index >= 15 is 0 Å². The predicted molar refractivity (Wildman–Crippen MR) is 78.6 cm³/mol. The zero-order valence-electron chi connectivity index (χ0n) is 13.7.